The number of benzene rings is 3. The Balaban J connectivity index is 1.78. The minimum absolute atomic E-state index is 0.0233. The van der Waals surface area contributed by atoms with Gasteiger partial charge in [-0.1, -0.05) is 94.5 Å². The van der Waals surface area contributed by atoms with Crippen LogP contribution < -0.4 is 15.2 Å². The highest BCUT2D eigenvalue weighted by Crippen LogP contribution is 2.43. The van der Waals surface area contributed by atoms with E-state index in [0.29, 0.717) is 6.61 Å². The lowest BCUT2D eigenvalue weighted by molar-refractivity contribution is 0.243. The maximum Gasteiger partial charge on any atom is 0.265 e. The summed E-state index contributed by atoms with van der Waals surface area (Å²) in [5.74, 6) is 1.03. The van der Waals surface area contributed by atoms with Gasteiger partial charge < -0.3 is 10.5 Å². The van der Waals surface area contributed by atoms with E-state index in [1.807, 2.05) is 42.5 Å². The summed E-state index contributed by atoms with van der Waals surface area (Å²) in [5.41, 5.74) is 10.1. The zero-order valence-corrected chi connectivity index (χ0v) is 24.1. The van der Waals surface area contributed by atoms with Gasteiger partial charge in [0.25, 0.3) is 10.0 Å². The number of aromatic nitrogens is 1. The smallest absolute Gasteiger partial charge is 0.265 e. The van der Waals surface area contributed by atoms with E-state index in [2.05, 4.69) is 45.4 Å². The Labute approximate surface area is 230 Å². The van der Waals surface area contributed by atoms with Crippen LogP contribution >= 0.6 is 11.3 Å². The number of ether oxygens (including phenoxy) is 1. The van der Waals surface area contributed by atoms with Crippen molar-refractivity contribution in [3.8, 4) is 27.4 Å². The molecule has 0 saturated carbocycles. The lowest BCUT2D eigenvalue weighted by Crippen LogP contribution is -2.14. The number of hydrogen-bond donors (Lipinski definition) is 2. The van der Waals surface area contributed by atoms with Crippen LogP contribution in [0.4, 0.5) is 10.8 Å². The lowest BCUT2D eigenvalue weighted by Gasteiger charge is -2.18. The van der Waals surface area contributed by atoms with Gasteiger partial charge in [-0.2, -0.15) is 0 Å². The van der Waals surface area contributed by atoms with E-state index in [9.17, 15) is 8.42 Å². The summed E-state index contributed by atoms with van der Waals surface area (Å²) in [5, 5.41) is 0.274. The molecule has 1 heterocycles. The first-order valence-electron chi connectivity index (χ1n) is 12.7. The minimum atomic E-state index is -3.92. The van der Waals surface area contributed by atoms with Crippen molar-refractivity contribution in [2.45, 2.75) is 51.9 Å². The van der Waals surface area contributed by atoms with E-state index in [0.717, 1.165) is 39.4 Å². The van der Waals surface area contributed by atoms with Crippen LogP contribution in [0.1, 0.15) is 52.5 Å². The Kier molecular flexibility index (Phi) is 8.13. The molecular weight excluding hydrogens is 514 g/mol. The summed E-state index contributed by atoms with van der Waals surface area (Å²) in [6.07, 6.45) is 0.930. The summed E-state index contributed by atoms with van der Waals surface area (Å²) < 4.78 is 35.1. The molecule has 0 atom stereocenters. The highest BCUT2D eigenvalue weighted by atomic mass is 32.2. The van der Waals surface area contributed by atoms with Crippen molar-refractivity contribution in [3.63, 3.8) is 0 Å². The molecule has 8 heteroatoms. The maximum absolute atomic E-state index is 13.2. The molecule has 200 valence electrons. The van der Waals surface area contributed by atoms with Crippen LogP contribution in [-0.2, 0) is 10.0 Å². The number of sulfonamides is 1. The Morgan fingerprint density at radius 3 is 2.42 bits per heavy atom. The van der Waals surface area contributed by atoms with Gasteiger partial charge in [-0.3, -0.25) is 4.72 Å². The molecule has 0 fully saturated rings. The molecule has 0 aliphatic heterocycles. The van der Waals surface area contributed by atoms with Gasteiger partial charge in [0, 0.05) is 5.56 Å². The van der Waals surface area contributed by atoms with Crippen LogP contribution in [0.15, 0.2) is 77.7 Å². The van der Waals surface area contributed by atoms with Crippen molar-refractivity contribution in [1.82, 2.24) is 4.98 Å². The molecule has 0 aliphatic rings. The normalized spacial score (nSPS) is 12.1. The summed E-state index contributed by atoms with van der Waals surface area (Å²) in [6, 6.07) is 22.4. The summed E-state index contributed by atoms with van der Waals surface area (Å²) >= 11 is 1.29. The van der Waals surface area contributed by atoms with Crippen molar-refractivity contribution < 1.29 is 13.2 Å². The van der Waals surface area contributed by atoms with E-state index in [4.69, 9.17) is 15.5 Å². The molecule has 0 aliphatic carbocycles. The van der Waals surface area contributed by atoms with Gasteiger partial charge in [0.2, 0.25) is 0 Å². The number of rotatable bonds is 9. The third-order valence-electron chi connectivity index (χ3n) is 6.11. The average molecular weight is 550 g/mol. The number of thiazole rings is 1. The van der Waals surface area contributed by atoms with E-state index in [1.54, 1.807) is 18.2 Å². The number of nitrogens with two attached hydrogens (primary N) is 1. The first-order chi connectivity index (χ1) is 17.9. The molecule has 3 aromatic carbocycles. The second-order valence-electron chi connectivity index (χ2n) is 10.8. The van der Waals surface area contributed by atoms with Crippen molar-refractivity contribution in [2.24, 2.45) is 5.41 Å². The van der Waals surface area contributed by atoms with Gasteiger partial charge in [-0.05, 0) is 53.1 Å². The SMILES string of the molecule is CC(C)c1ccccc1-c1nc(NS(=O)(=O)c2ccccc2N)sc1-c1cccc(OCCC(C)(C)C)c1. The number of nitrogen functional groups attached to an aromatic ring is 1. The summed E-state index contributed by atoms with van der Waals surface area (Å²) in [6.45, 7) is 11.4. The Morgan fingerprint density at radius 2 is 1.71 bits per heavy atom. The third kappa shape index (κ3) is 6.55. The number of nitrogens with one attached hydrogen (secondary N) is 1. The van der Waals surface area contributed by atoms with E-state index >= 15 is 0 Å². The maximum atomic E-state index is 13.2. The number of hydrogen-bond acceptors (Lipinski definition) is 6. The molecule has 0 bridgehead atoms. The van der Waals surface area contributed by atoms with Crippen LogP contribution in [0.3, 0.4) is 0 Å². The summed E-state index contributed by atoms with van der Waals surface area (Å²) in [4.78, 5) is 5.69. The molecule has 0 amide bonds. The fraction of sp³-hybridized carbons (Fsp3) is 0.300. The predicted molar refractivity (Wildman–Crippen MR) is 158 cm³/mol. The molecule has 4 aromatic rings. The van der Waals surface area contributed by atoms with Gasteiger partial charge in [0.05, 0.1) is 22.9 Å². The number of anilines is 2. The summed E-state index contributed by atoms with van der Waals surface area (Å²) in [7, 11) is -3.92. The van der Waals surface area contributed by atoms with Gasteiger partial charge >= 0.3 is 0 Å². The van der Waals surface area contributed by atoms with Crippen LogP contribution in [0.25, 0.3) is 21.7 Å². The molecule has 3 N–H and O–H groups in total. The quantitative estimate of drug-likeness (QED) is 0.208. The topological polar surface area (TPSA) is 94.3 Å². The predicted octanol–water partition coefficient (Wildman–Crippen LogP) is 7.80. The van der Waals surface area contributed by atoms with Crippen molar-refractivity contribution in [3.05, 3.63) is 78.4 Å². The number of nitrogens with zero attached hydrogens (tertiary/aromatic N) is 1. The molecule has 0 radical (unpaired) electrons. The largest absolute Gasteiger partial charge is 0.494 e. The zero-order chi connectivity index (χ0) is 27.5. The van der Waals surface area contributed by atoms with Crippen LogP contribution in [0.5, 0.6) is 5.75 Å². The molecule has 0 unspecified atom stereocenters. The molecule has 4 rings (SSSR count). The van der Waals surface area contributed by atoms with Crippen molar-refractivity contribution >= 4 is 32.2 Å². The molecule has 0 saturated heterocycles. The fourth-order valence-electron chi connectivity index (χ4n) is 4.06. The Hall–Kier alpha value is -3.36. The zero-order valence-electron chi connectivity index (χ0n) is 22.5. The molecule has 0 spiro atoms. The second kappa shape index (κ2) is 11.2. The van der Waals surface area contributed by atoms with E-state index in [-0.39, 0.29) is 27.0 Å². The van der Waals surface area contributed by atoms with Crippen LogP contribution in [-0.4, -0.2) is 20.0 Å². The third-order valence-corrected chi connectivity index (χ3v) is 8.67. The van der Waals surface area contributed by atoms with Gasteiger partial charge in [-0.15, -0.1) is 0 Å². The highest BCUT2D eigenvalue weighted by Gasteiger charge is 2.23. The standard InChI is InChI=1S/C30H35N3O3S2/c1-20(2)23-13-6-7-14-24(23)27-28(21-11-10-12-22(19-21)36-18-17-30(3,4)5)37-29(32-27)33-38(34,35)26-16-9-8-15-25(26)31/h6-16,19-20H,17-18,31H2,1-5H3,(H,32,33). The minimum Gasteiger partial charge on any atom is -0.494 e. The first-order valence-corrected chi connectivity index (χ1v) is 15.0. The van der Waals surface area contributed by atoms with Crippen LogP contribution in [0.2, 0.25) is 0 Å². The molecular formula is C30H35N3O3S2. The van der Waals surface area contributed by atoms with E-state index < -0.39 is 10.0 Å². The molecule has 1 aromatic heterocycles. The molecule has 6 nitrogen and oxygen atoms in total. The fourth-order valence-corrected chi connectivity index (χ4v) is 6.40. The van der Waals surface area contributed by atoms with Crippen molar-refractivity contribution in [2.75, 3.05) is 17.1 Å². The Morgan fingerprint density at radius 1 is 1.00 bits per heavy atom. The van der Waals surface area contributed by atoms with Gasteiger partial charge in [0.15, 0.2) is 5.13 Å². The second-order valence-corrected chi connectivity index (χ2v) is 13.4. The van der Waals surface area contributed by atoms with Gasteiger partial charge in [-0.25, -0.2) is 13.4 Å². The first kappa shape index (κ1) is 27.7. The van der Waals surface area contributed by atoms with Gasteiger partial charge in [0.1, 0.15) is 10.6 Å². The number of para-hydroxylation sites is 1. The highest BCUT2D eigenvalue weighted by molar-refractivity contribution is 7.93. The Bertz CT molecular complexity index is 1520. The monoisotopic (exact) mass is 549 g/mol. The van der Waals surface area contributed by atoms with Crippen LogP contribution in [0, 0.1) is 5.41 Å². The lowest BCUT2D eigenvalue weighted by atomic mass is 9.93. The molecule has 38 heavy (non-hydrogen) atoms. The van der Waals surface area contributed by atoms with E-state index in [1.165, 1.54) is 17.4 Å². The average Bonchev–Trinajstić information content (AvgIpc) is 3.26. The van der Waals surface area contributed by atoms with Crippen molar-refractivity contribution in [1.29, 1.82) is 0 Å².